The molecule has 0 saturated carbocycles. The lowest BCUT2D eigenvalue weighted by Crippen LogP contribution is -2.50. The fraction of sp³-hybridized carbons (Fsp3) is 0.474. The van der Waals surface area contributed by atoms with E-state index in [9.17, 15) is 9.59 Å². The molecule has 0 bridgehead atoms. The predicted molar refractivity (Wildman–Crippen MR) is 98.3 cm³/mol. The smallest absolute Gasteiger partial charge is 0.245 e. The minimum absolute atomic E-state index is 0.00998. The molecule has 0 aliphatic carbocycles. The number of benzene rings is 1. The third-order valence-electron chi connectivity index (χ3n) is 4.81. The van der Waals surface area contributed by atoms with Crippen LogP contribution in [-0.4, -0.2) is 65.9 Å². The average molecular weight is 342 g/mol. The van der Waals surface area contributed by atoms with Gasteiger partial charge in [0.15, 0.2) is 0 Å². The van der Waals surface area contributed by atoms with Gasteiger partial charge in [-0.05, 0) is 31.6 Å². The number of rotatable bonds is 4. The van der Waals surface area contributed by atoms with Crippen LogP contribution in [0.5, 0.6) is 0 Å². The molecule has 1 aliphatic rings. The molecular formula is C19H26N4O2. The molecule has 0 radical (unpaired) electrons. The molecule has 1 aromatic heterocycles. The van der Waals surface area contributed by atoms with Gasteiger partial charge in [-0.25, -0.2) is 0 Å². The maximum Gasteiger partial charge on any atom is 0.245 e. The monoisotopic (exact) mass is 342 g/mol. The topological polar surface area (TPSA) is 68.4 Å². The Morgan fingerprint density at radius 3 is 2.80 bits per heavy atom. The summed E-state index contributed by atoms with van der Waals surface area (Å²) in [5.41, 5.74) is 2.09. The minimum Gasteiger partial charge on any atom is -0.361 e. The van der Waals surface area contributed by atoms with Crippen molar-refractivity contribution < 1.29 is 9.59 Å². The van der Waals surface area contributed by atoms with Crippen molar-refractivity contribution in [3.63, 3.8) is 0 Å². The normalized spacial score (nSPS) is 17.3. The lowest BCUT2D eigenvalue weighted by Gasteiger charge is -2.26. The first kappa shape index (κ1) is 17.5. The molecular weight excluding hydrogens is 316 g/mol. The SMILES string of the molecule is CC(=O)NC(Cc1c[nH]c2ccccc12)C(=O)N1CCCN(C)CC1. The van der Waals surface area contributed by atoms with E-state index in [4.69, 9.17) is 0 Å². The van der Waals surface area contributed by atoms with Crippen LogP contribution in [0.4, 0.5) is 0 Å². The van der Waals surface area contributed by atoms with Gasteiger partial charge in [-0.3, -0.25) is 9.59 Å². The quantitative estimate of drug-likeness (QED) is 0.882. The van der Waals surface area contributed by atoms with Gasteiger partial charge < -0.3 is 20.1 Å². The molecule has 1 atom stereocenters. The van der Waals surface area contributed by atoms with Crippen LogP contribution in [0.15, 0.2) is 30.5 Å². The molecule has 1 saturated heterocycles. The van der Waals surface area contributed by atoms with Crippen molar-refractivity contribution in [2.75, 3.05) is 33.2 Å². The Morgan fingerprint density at radius 2 is 2.00 bits per heavy atom. The largest absolute Gasteiger partial charge is 0.361 e. The Balaban J connectivity index is 1.79. The molecule has 2 heterocycles. The van der Waals surface area contributed by atoms with Crippen molar-refractivity contribution in [1.29, 1.82) is 0 Å². The molecule has 1 aromatic carbocycles. The number of carbonyl (C=O) groups excluding carboxylic acids is 2. The number of hydrogen-bond acceptors (Lipinski definition) is 3. The summed E-state index contributed by atoms with van der Waals surface area (Å²) < 4.78 is 0. The summed E-state index contributed by atoms with van der Waals surface area (Å²) in [5, 5.41) is 3.95. The first-order valence-corrected chi connectivity index (χ1v) is 8.84. The summed E-state index contributed by atoms with van der Waals surface area (Å²) in [6.45, 7) is 4.78. The first-order chi connectivity index (χ1) is 12.0. The number of aromatic nitrogens is 1. The van der Waals surface area contributed by atoms with Crippen molar-refractivity contribution in [3.05, 3.63) is 36.0 Å². The van der Waals surface area contributed by atoms with Gasteiger partial charge in [-0.15, -0.1) is 0 Å². The van der Waals surface area contributed by atoms with E-state index in [1.807, 2.05) is 35.4 Å². The fourth-order valence-electron chi connectivity index (χ4n) is 3.45. The zero-order valence-corrected chi connectivity index (χ0v) is 14.9. The average Bonchev–Trinajstić information content (AvgIpc) is 2.86. The number of hydrogen-bond donors (Lipinski definition) is 2. The number of likely N-dealkylation sites (N-methyl/N-ethyl adjacent to an activating group) is 1. The fourth-order valence-corrected chi connectivity index (χ4v) is 3.45. The summed E-state index contributed by atoms with van der Waals surface area (Å²) in [4.78, 5) is 32.1. The second-order valence-corrected chi connectivity index (χ2v) is 6.80. The number of nitrogens with zero attached hydrogens (tertiary/aromatic N) is 2. The number of aromatic amines is 1. The van der Waals surface area contributed by atoms with E-state index in [1.165, 1.54) is 6.92 Å². The second kappa shape index (κ2) is 7.70. The summed E-state index contributed by atoms with van der Waals surface area (Å²) >= 11 is 0. The lowest BCUT2D eigenvalue weighted by molar-refractivity contribution is -0.135. The van der Waals surface area contributed by atoms with Crippen LogP contribution < -0.4 is 5.32 Å². The van der Waals surface area contributed by atoms with Crippen molar-refractivity contribution in [1.82, 2.24) is 20.1 Å². The number of H-pyrrole nitrogens is 1. The van der Waals surface area contributed by atoms with Crippen LogP contribution in [0.2, 0.25) is 0 Å². The van der Waals surface area contributed by atoms with E-state index in [-0.39, 0.29) is 11.8 Å². The molecule has 2 aromatic rings. The Hall–Kier alpha value is -2.34. The maximum atomic E-state index is 13.0. The number of nitrogens with one attached hydrogen (secondary N) is 2. The van der Waals surface area contributed by atoms with Crippen LogP contribution in [-0.2, 0) is 16.0 Å². The second-order valence-electron chi connectivity index (χ2n) is 6.80. The Bertz CT molecular complexity index is 755. The van der Waals surface area contributed by atoms with Gasteiger partial charge in [0.25, 0.3) is 0 Å². The van der Waals surface area contributed by atoms with Crippen LogP contribution in [0.3, 0.4) is 0 Å². The van der Waals surface area contributed by atoms with Crippen LogP contribution >= 0.6 is 0 Å². The zero-order chi connectivity index (χ0) is 17.8. The van der Waals surface area contributed by atoms with E-state index in [2.05, 4.69) is 22.2 Å². The molecule has 2 amide bonds. The Morgan fingerprint density at radius 1 is 1.20 bits per heavy atom. The van der Waals surface area contributed by atoms with Crippen molar-refractivity contribution in [2.45, 2.75) is 25.8 Å². The van der Waals surface area contributed by atoms with E-state index < -0.39 is 6.04 Å². The number of fused-ring (bicyclic) bond motifs is 1. The minimum atomic E-state index is -0.528. The van der Waals surface area contributed by atoms with E-state index >= 15 is 0 Å². The van der Waals surface area contributed by atoms with E-state index in [0.29, 0.717) is 13.0 Å². The van der Waals surface area contributed by atoms with Crippen LogP contribution in [0, 0.1) is 0 Å². The maximum absolute atomic E-state index is 13.0. The van der Waals surface area contributed by atoms with Crippen molar-refractivity contribution >= 4 is 22.7 Å². The number of amides is 2. The van der Waals surface area contributed by atoms with Gasteiger partial charge in [0.2, 0.25) is 11.8 Å². The standard InChI is InChI=1S/C19H26N4O2/c1-14(24)21-18(19(25)23-9-5-8-22(2)10-11-23)12-15-13-20-17-7-4-3-6-16(15)17/h3-4,6-7,13,18,20H,5,8-12H2,1-2H3,(H,21,24). The molecule has 1 unspecified atom stereocenters. The highest BCUT2D eigenvalue weighted by Crippen LogP contribution is 2.20. The first-order valence-electron chi connectivity index (χ1n) is 8.84. The van der Waals surface area contributed by atoms with E-state index in [0.717, 1.165) is 42.5 Å². The molecule has 1 fully saturated rings. The Labute approximate surface area is 148 Å². The summed E-state index contributed by atoms with van der Waals surface area (Å²) in [7, 11) is 2.07. The lowest BCUT2D eigenvalue weighted by atomic mass is 10.0. The molecule has 25 heavy (non-hydrogen) atoms. The van der Waals surface area contributed by atoms with Gasteiger partial charge in [0.05, 0.1) is 0 Å². The van der Waals surface area contributed by atoms with Crippen LogP contribution in [0.25, 0.3) is 10.9 Å². The van der Waals surface area contributed by atoms with Gasteiger partial charge in [-0.2, -0.15) is 0 Å². The van der Waals surface area contributed by atoms with E-state index in [1.54, 1.807) is 0 Å². The summed E-state index contributed by atoms with van der Waals surface area (Å²) in [6, 6.07) is 7.49. The molecule has 6 nitrogen and oxygen atoms in total. The molecule has 6 heteroatoms. The molecule has 3 rings (SSSR count). The third-order valence-corrected chi connectivity index (χ3v) is 4.81. The molecule has 1 aliphatic heterocycles. The molecule has 0 spiro atoms. The van der Waals surface area contributed by atoms with Crippen molar-refractivity contribution in [3.8, 4) is 0 Å². The highest BCUT2D eigenvalue weighted by Gasteiger charge is 2.27. The number of para-hydroxylation sites is 1. The van der Waals surface area contributed by atoms with Crippen molar-refractivity contribution in [2.24, 2.45) is 0 Å². The Kier molecular flexibility index (Phi) is 5.38. The van der Waals surface area contributed by atoms with Gasteiger partial charge in [0, 0.05) is 50.1 Å². The highest BCUT2D eigenvalue weighted by molar-refractivity contribution is 5.89. The van der Waals surface area contributed by atoms with Gasteiger partial charge >= 0.3 is 0 Å². The third kappa shape index (κ3) is 4.20. The summed E-state index contributed by atoms with van der Waals surface area (Å²) in [5.74, 6) is -0.166. The van der Waals surface area contributed by atoms with Crippen LogP contribution in [0.1, 0.15) is 18.9 Å². The summed E-state index contributed by atoms with van der Waals surface area (Å²) in [6.07, 6.45) is 3.39. The predicted octanol–water partition coefficient (Wildman–Crippen LogP) is 1.38. The molecule has 2 N–H and O–H groups in total. The molecule has 134 valence electrons. The number of carbonyl (C=O) groups is 2. The van der Waals surface area contributed by atoms with Gasteiger partial charge in [-0.1, -0.05) is 18.2 Å². The highest BCUT2D eigenvalue weighted by atomic mass is 16.2. The zero-order valence-electron chi connectivity index (χ0n) is 14.9. The van der Waals surface area contributed by atoms with Gasteiger partial charge in [0.1, 0.15) is 6.04 Å².